The van der Waals surface area contributed by atoms with Gasteiger partial charge >= 0.3 is 0 Å². The van der Waals surface area contributed by atoms with E-state index in [1.54, 1.807) is 17.8 Å². The van der Waals surface area contributed by atoms with Crippen molar-refractivity contribution in [1.29, 1.82) is 0 Å². The fourth-order valence-electron chi connectivity index (χ4n) is 1.18. The highest BCUT2D eigenvalue weighted by atomic mass is 19.3. The van der Waals surface area contributed by atoms with Crippen LogP contribution in [0.1, 0.15) is 13.3 Å². The Kier molecular flexibility index (Phi) is 3.22. The lowest BCUT2D eigenvalue weighted by Crippen LogP contribution is -2.11. The molecule has 0 saturated heterocycles. The van der Waals surface area contributed by atoms with Crippen molar-refractivity contribution in [3.8, 4) is 0 Å². The molecule has 0 radical (unpaired) electrons. The monoisotopic (exact) mass is 189 g/mol. The lowest BCUT2D eigenvalue weighted by Gasteiger charge is -2.09. The van der Waals surface area contributed by atoms with Crippen LogP contribution in [-0.2, 0) is 6.54 Å². The molecule has 0 aliphatic heterocycles. The van der Waals surface area contributed by atoms with Gasteiger partial charge in [0.05, 0.1) is 11.9 Å². The number of nitrogens with two attached hydrogens (primary N) is 1. The molecule has 1 aromatic heterocycles. The molecule has 1 rings (SSSR count). The van der Waals surface area contributed by atoms with Crippen LogP contribution in [0.3, 0.4) is 0 Å². The fourth-order valence-corrected chi connectivity index (χ4v) is 1.18. The molecule has 0 saturated carbocycles. The zero-order chi connectivity index (χ0) is 9.84. The highest BCUT2D eigenvalue weighted by Crippen LogP contribution is 2.12. The standard InChI is InChI=1S/C8H13F2N3/c1-6(2-8(9)10)4-13-5-7(11)3-12-13/h3,5-6,8H,2,4,11H2,1H3. The summed E-state index contributed by atoms with van der Waals surface area (Å²) < 4.78 is 25.5. The van der Waals surface area contributed by atoms with Gasteiger partial charge < -0.3 is 5.73 Å². The smallest absolute Gasteiger partial charge is 0.239 e. The summed E-state index contributed by atoms with van der Waals surface area (Å²) in [4.78, 5) is 0. The first-order chi connectivity index (χ1) is 6.08. The van der Waals surface area contributed by atoms with Gasteiger partial charge in [0, 0.05) is 19.2 Å². The minimum Gasteiger partial charge on any atom is -0.396 e. The minimum absolute atomic E-state index is 0.0840. The molecule has 1 unspecified atom stereocenters. The van der Waals surface area contributed by atoms with Crippen molar-refractivity contribution in [2.24, 2.45) is 5.92 Å². The number of hydrogen-bond donors (Lipinski definition) is 1. The average Bonchev–Trinajstić information content (AvgIpc) is 2.33. The van der Waals surface area contributed by atoms with Gasteiger partial charge in [-0.3, -0.25) is 4.68 Å². The second kappa shape index (κ2) is 4.20. The normalized spacial score (nSPS) is 13.5. The zero-order valence-electron chi connectivity index (χ0n) is 7.45. The molecule has 0 amide bonds. The van der Waals surface area contributed by atoms with Crippen molar-refractivity contribution >= 4 is 5.69 Å². The highest BCUT2D eigenvalue weighted by molar-refractivity contribution is 5.30. The topological polar surface area (TPSA) is 43.8 Å². The second-order valence-corrected chi connectivity index (χ2v) is 3.23. The summed E-state index contributed by atoms with van der Waals surface area (Å²) in [5, 5.41) is 3.91. The Balaban J connectivity index is 2.40. The average molecular weight is 189 g/mol. The van der Waals surface area contributed by atoms with Crippen molar-refractivity contribution < 1.29 is 8.78 Å². The van der Waals surface area contributed by atoms with Crippen molar-refractivity contribution in [1.82, 2.24) is 9.78 Å². The predicted octanol–water partition coefficient (Wildman–Crippen LogP) is 1.76. The maximum atomic E-state index is 11.9. The molecule has 3 nitrogen and oxygen atoms in total. The van der Waals surface area contributed by atoms with E-state index in [4.69, 9.17) is 5.73 Å². The molecule has 1 atom stereocenters. The molecule has 0 aliphatic rings. The van der Waals surface area contributed by atoms with Crippen LogP contribution in [0, 0.1) is 5.92 Å². The molecule has 1 heterocycles. The first kappa shape index (κ1) is 9.95. The Morgan fingerprint density at radius 3 is 2.77 bits per heavy atom. The third kappa shape index (κ3) is 3.40. The summed E-state index contributed by atoms with van der Waals surface area (Å²) in [7, 11) is 0. The van der Waals surface area contributed by atoms with Crippen LogP contribution in [0.2, 0.25) is 0 Å². The van der Waals surface area contributed by atoms with Crippen LogP contribution in [0.25, 0.3) is 0 Å². The molecule has 2 N–H and O–H groups in total. The van der Waals surface area contributed by atoms with E-state index < -0.39 is 6.43 Å². The molecule has 0 bridgehead atoms. The number of anilines is 1. The largest absolute Gasteiger partial charge is 0.396 e. The Morgan fingerprint density at radius 1 is 1.62 bits per heavy atom. The number of aromatic nitrogens is 2. The first-order valence-electron chi connectivity index (χ1n) is 4.14. The van der Waals surface area contributed by atoms with E-state index >= 15 is 0 Å². The maximum absolute atomic E-state index is 11.9. The summed E-state index contributed by atoms with van der Waals surface area (Å²) in [6.45, 7) is 2.26. The summed E-state index contributed by atoms with van der Waals surface area (Å²) >= 11 is 0. The molecule has 74 valence electrons. The quantitative estimate of drug-likeness (QED) is 0.784. The predicted molar refractivity (Wildman–Crippen MR) is 46.4 cm³/mol. The Hall–Kier alpha value is -1.13. The fraction of sp³-hybridized carbons (Fsp3) is 0.625. The molecule has 0 fully saturated rings. The van der Waals surface area contributed by atoms with Gasteiger partial charge in [0.25, 0.3) is 0 Å². The van der Waals surface area contributed by atoms with Crippen LogP contribution in [0.15, 0.2) is 12.4 Å². The number of nitrogens with zero attached hydrogens (tertiary/aromatic N) is 2. The lowest BCUT2D eigenvalue weighted by molar-refractivity contribution is 0.113. The molecular weight excluding hydrogens is 176 g/mol. The zero-order valence-corrected chi connectivity index (χ0v) is 7.45. The van der Waals surface area contributed by atoms with E-state index in [0.717, 1.165) is 0 Å². The number of halogens is 2. The van der Waals surface area contributed by atoms with Crippen molar-refractivity contribution in [2.45, 2.75) is 26.3 Å². The molecule has 5 heteroatoms. The van der Waals surface area contributed by atoms with Gasteiger partial charge in [-0.05, 0) is 5.92 Å². The van der Waals surface area contributed by atoms with Crippen LogP contribution < -0.4 is 5.73 Å². The second-order valence-electron chi connectivity index (χ2n) is 3.23. The van der Waals surface area contributed by atoms with Crippen molar-refractivity contribution in [3.63, 3.8) is 0 Å². The Morgan fingerprint density at radius 2 is 2.31 bits per heavy atom. The van der Waals surface area contributed by atoms with E-state index in [1.165, 1.54) is 6.20 Å². The Labute approximate surface area is 75.5 Å². The summed E-state index contributed by atoms with van der Waals surface area (Å²) in [6, 6.07) is 0. The van der Waals surface area contributed by atoms with E-state index in [-0.39, 0.29) is 12.3 Å². The lowest BCUT2D eigenvalue weighted by atomic mass is 10.1. The number of hydrogen-bond acceptors (Lipinski definition) is 2. The molecule has 0 spiro atoms. The van der Waals surface area contributed by atoms with Gasteiger partial charge in [-0.15, -0.1) is 0 Å². The number of nitrogen functional groups attached to an aromatic ring is 1. The van der Waals surface area contributed by atoms with E-state index in [0.29, 0.717) is 12.2 Å². The van der Waals surface area contributed by atoms with E-state index in [1.807, 2.05) is 0 Å². The summed E-state index contributed by atoms with van der Waals surface area (Å²) in [5.41, 5.74) is 5.98. The van der Waals surface area contributed by atoms with Crippen molar-refractivity contribution in [3.05, 3.63) is 12.4 Å². The van der Waals surface area contributed by atoms with Gasteiger partial charge in [0.15, 0.2) is 0 Å². The van der Waals surface area contributed by atoms with Crippen LogP contribution >= 0.6 is 0 Å². The summed E-state index contributed by atoms with van der Waals surface area (Å²) in [5.74, 6) is -0.0840. The minimum atomic E-state index is -2.25. The van der Waals surface area contributed by atoms with Crippen LogP contribution in [0.4, 0.5) is 14.5 Å². The molecule has 0 aromatic carbocycles. The van der Waals surface area contributed by atoms with Crippen LogP contribution in [-0.4, -0.2) is 16.2 Å². The molecule has 0 aliphatic carbocycles. The highest BCUT2D eigenvalue weighted by Gasteiger charge is 2.11. The molecular formula is C8H13F2N3. The first-order valence-corrected chi connectivity index (χ1v) is 4.14. The third-order valence-corrected chi connectivity index (χ3v) is 1.73. The third-order valence-electron chi connectivity index (χ3n) is 1.73. The van der Waals surface area contributed by atoms with Gasteiger partial charge in [-0.25, -0.2) is 8.78 Å². The maximum Gasteiger partial charge on any atom is 0.239 e. The van der Waals surface area contributed by atoms with Gasteiger partial charge in [0.2, 0.25) is 6.43 Å². The summed E-state index contributed by atoms with van der Waals surface area (Å²) in [6.07, 6.45) is 0.805. The van der Waals surface area contributed by atoms with Gasteiger partial charge in [-0.1, -0.05) is 6.92 Å². The molecule has 1 aromatic rings. The number of rotatable bonds is 4. The Bertz CT molecular complexity index is 260. The van der Waals surface area contributed by atoms with Crippen molar-refractivity contribution in [2.75, 3.05) is 5.73 Å². The molecule has 13 heavy (non-hydrogen) atoms. The SMILES string of the molecule is CC(CC(F)F)Cn1cc(N)cn1. The number of alkyl halides is 2. The van der Waals surface area contributed by atoms with E-state index in [9.17, 15) is 8.78 Å². The van der Waals surface area contributed by atoms with Crippen LogP contribution in [0.5, 0.6) is 0 Å². The van der Waals surface area contributed by atoms with Gasteiger partial charge in [0.1, 0.15) is 0 Å². The van der Waals surface area contributed by atoms with Gasteiger partial charge in [-0.2, -0.15) is 5.10 Å². The van der Waals surface area contributed by atoms with E-state index in [2.05, 4.69) is 5.10 Å².